The molecule has 0 aromatic heterocycles. The second-order valence-corrected chi connectivity index (χ2v) is 6.36. The van der Waals surface area contributed by atoms with Gasteiger partial charge in [-0.05, 0) is 25.0 Å². The van der Waals surface area contributed by atoms with E-state index in [1.54, 1.807) is 26.0 Å². The van der Waals surface area contributed by atoms with Crippen molar-refractivity contribution < 1.29 is 28.7 Å². The third-order valence-electron chi connectivity index (χ3n) is 4.10. The van der Waals surface area contributed by atoms with Crippen LogP contribution in [0.2, 0.25) is 0 Å². The smallest absolute Gasteiger partial charge is 0.330 e. The van der Waals surface area contributed by atoms with Crippen molar-refractivity contribution in [2.75, 3.05) is 7.05 Å². The van der Waals surface area contributed by atoms with Crippen molar-refractivity contribution in [2.45, 2.75) is 32.9 Å². The Morgan fingerprint density at radius 2 is 1.52 bits per heavy atom. The molecule has 0 radical (unpaired) electrons. The molecule has 1 aliphatic rings. The maximum Gasteiger partial charge on any atom is 0.330 e. The Bertz CT molecular complexity index is 769. The number of benzene rings is 1. The highest BCUT2D eigenvalue weighted by Crippen LogP contribution is 2.27. The van der Waals surface area contributed by atoms with Gasteiger partial charge in [0, 0.05) is 7.05 Å². The molecule has 0 saturated carbocycles. The summed E-state index contributed by atoms with van der Waals surface area (Å²) in [6.45, 7) is 4.60. The van der Waals surface area contributed by atoms with Gasteiger partial charge in [0.25, 0.3) is 17.7 Å². The van der Waals surface area contributed by atoms with Gasteiger partial charge in [-0.2, -0.15) is 0 Å². The molecule has 0 spiro atoms. The van der Waals surface area contributed by atoms with Crippen molar-refractivity contribution in [2.24, 2.45) is 5.92 Å². The third-order valence-corrected chi connectivity index (χ3v) is 4.10. The number of carbonyl (C=O) groups excluding carboxylic acids is 5. The summed E-state index contributed by atoms with van der Waals surface area (Å²) in [6.07, 6.45) is -1.29. The summed E-state index contributed by atoms with van der Waals surface area (Å²) < 4.78 is 5.11. The fourth-order valence-electron chi connectivity index (χ4n) is 2.71. The zero-order chi connectivity index (χ0) is 20.3. The van der Waals surface area contributed by atoms with Gasteiger partial charge in [0.2, 0.25) is 0 Å². The van der Waals surface area contributed by atoms with Gasteiger partial charge in [-0.25, -0.2) is 9.59 Å². The maximum absolute atomic E-state index is 12.6. The molecular formula is C18H21N3O6. The van der Waals surface area contributed by atoms with Gasteiger partial charge in [0.1, 0.15) is 6.04 Å². The Balaban J connectivity index is 2.20. The number of nitrogens with zero attached hydrogens (tertiary/aromatic N) is 1. The standard InChI is InChI=1S/C18H21N3O6/c1-9(2)13(17(25)27-10(3)14(22)20-18(26)19-4)21-15(23)11-7-5-6-8-12(11)16(21)24/h5-10,13H,1-4H3,(H2,19,20,22,26)/t10-,13-/m0/s1. The molecule has 0 unspecified atom stereocenters. The molecule has 9 heteroatoms. The van der Waals surface area contributed by atoms with Crippen LogP contribution in [0.15, 0.2) is 24.3 Å². The van der Waals surface area contributed by atoms with E-state index in [0.29, 0.717) is 0 Å². The van der Waals surface area contributed by atoms with Gasteiger partial charge in [-0.3, -0.25) is 24.6 Å². The molecule has 5 amide bonds. The number of esters is 1. The van der Waals surface area contributed by atoms with Crippen LogP contribution in [0.1, 0.15) is 41.5 Å². The average molecular weight is 375 g/mol. The van der Waals surface area contributed by atoms with Crippen LogP contribution in [0.25, 0.3) is 0 Å². The predicted molar refractivity (Wildman–Crippen MR) is 93.7 cm³/mol. The highest BCUT2D eigenvalue weighted by Gasteiger charge is 2.45. The summed E-state index contributed by atoms with van der Waals surface area (Å²) in [6, 6.07) is 4.33. The molecule has 0 saturated heterocycles. The van der Waals surface area contributed by atoms with Crippen molar-refractivity contribution in [3.8, 4) is 0 Å². The predicted octanol–water partition coefficient (Wildman–Crippen LogP) is 0.694. The fourth-order valence-corrected chi connectivity index (χ4v) is 2.71. The summed E-state index contributed by atoms with van der Waals surface area (Å²) in [4.78, 5) is 61.8. The van der Waals surface area contributed by atoms with E-state index < -0.39 is 47.8 Å². The van der Waals surface area contributed by atoms with Crippen molar-refractivity contribution in [1.29, 1.82) is 0 Å². The van der Waals surface area contributed by atoms with Crippen LogP contribution in [0.3, 0.4) is 0 Å². The number of amides is 5. The van der Waals surface area contributed by atoms with Crippen LogP contribution >= 0.6 is 0 Å². The second-order valence-electron chi connectivity index (χ2n) is 6.36. The van der Waals surface area contributed by atoms with E-state index in [9.17, 15) is 24.0 Å². The lowest BCUT2D eigenvalue weighted by atomic mass is 10.0. The van der Waals surface area contributed by atoms with Crippen molar-refractivity contribution in [3.05, 3.63) is 35.4 Å². The second kappa shape index (κ2) is 7.98. The van der Waals surface area contributed by atoms with Crippen molar-refractivity contribution in [1.82, 2.24) is 15.5 Å². The first-order chi connectivity index (χ1) is 12.7. The maximum atomic E-state index is 12.6. The highest BCUT2D eigenvalue weighted by atomic mass is 16.5. The lowest BCUT2D eigenvalue weighted by Crippen LogP contribution is -2.51. The van der Waals surface area contributed by atoms with Crippen LogP contribution in [-0.4, -0.2) is 53.8 Å². The van der Waals surface area contributed by atoms with E-state index in [-0.39, 0.29) is 11.1 Å². The zero-order valence-corrected chi connectivity index (χ0v) is 15.4. The van der Waals surface area contributed by atoms with Crippen LogP contribution in [0.4, 0.5) is 4.79 Å². The SMILES string of the molecule is CNC(=O)NC(=O)[C@H](C)OC(=O)[C@H](C(C)C)N1C(=O)c2ccccc2C1=O. The number of hydrogen-bond acceptors (Lipinski definition) is 6. The minimum absolute atomic E-state index is 0.214. The Morgan fingerprint density at radius 3 is 1.96 bits per heavy atom. The molecule has 1 aromatic rings. The van der Waals surface area contributed by atoms with E-state index in [2.05, 4.69) is 5.32 Å². The summed E-state index contributed by atoms with van der Waals surface area (Å²) in [7, 11) is 1.33. The molecule has 1 aromatic carbocycles. The Hall–Kier alpha value is -3.23. The molecule has 1 aliphatic heterocycles. The van der Waals surface area contributed by atoms with Gasteiger partial charge >= 0.3 is 12.0 Å². The summed E-state index contributed by atoms with van der Waals surface area (Å²) >= 11 is 0. The van der Waals surface area contributed by atoms with Gasteiger partial charge in [0.15, 0.2) is 6.10 Å². The average Bonchev–Trinajstić information content (AvgIpc) is 2.87. The van der Waals surface area contributed by atoms with E-state index in [0.717, 1.165) is 4.90 Å². The number of urea groups is 1. The number of carbonyl (C=O) groups is 5. The summed E-state index contributed by atoms with van der Waals surface area (Å²) in [5.41, 5.74) is 0.428. The van der Waals surface area contributed by atoms with Crippen molar-refractivity contribution >= 4 is 29.7 Å². The topological polar surface area (TPSA) is 122 Å². The molecule has 9 nitrogen and oxygen atoms in total. The van der Waals surface area contributed by atoms with Gasteiger partial charge in [0.05, 0.1) is 11.1 Å². The highest BCUT2D eigenvalue weighted by molar-refractivity contribution is 6.22. The quantitative estimate of drug-likeness (QED) is 0.577. The van der Waals surface area contributed by atoms with Crippen LogP contribution in [-0.2, 0) is 14.3 Å². The Kier molecular flexibility index (Phi) is 5.94. The van der Waals surface area contributed by atoms with Gasteiger partial charge < -0.3 is 10.1 Å². The minimum atomic E-state index is -1.29. The fraction of sp³-hybridized carbons (Fsp3) is 0.389. The Labute approximate surface area is 156 Å². The normalized spacial score (nSPS) is 15.2. The molecule has 2 N–H and O–H groups in total. The van der Waals surface area contributed by atoms with E-state index in [4.69, 9.17) is 4.74 Å². The number of fused-ring (bicyclic) bond motifs is 1. The third kappa shape index (κ3) is 3.97. The van der Waals surface area contributed by atoms with Crippen LogP contribution in [0.5, 0.6) is 0 Å². The summed E-state index contributed by atoms with van der Waals surface area (Å²) in [5, 5.41) is 4.19. The van der Waals surface area contributed by atoms with E-state index in [1.165, 1.54) is 26.1 Å². The van der Waals surface area contributed by atoms with E-state index >= 15 is 0 Å². The number of imide groups is 2. The Morgan fingerprint density at radius 1 is 1.00 bits per heavy atom. The molecular weight excluding hydrogens is 354 g/mol. The van der Waals surface area contributed by atoms with Gasteiger partial charge in [-0.1, -0.05) is 26.0 Å². The molecule has 27 heavy (non-hydrogen) atoms. The van der Waals surface area contributed by atoms with Crippen LogP contribution < -0.4 is 10.6 Å². The first kappa shape index (κ1) is 20.1. The van der Waals surface area contributed by atoms with E-state index in [1.807, 2.05) is 5.32 Å². The molecule has 2 rings (SSSR count). The zero-order valence-electron chi connectivity index (χ0n) is 15.4. The number of hydrogen-bond donors (Lipinski definition) is 2. The van der Waals surface area contributed by atoms with Crippen molar-refractivity contribution in [3.63, 3.8) is 0 Å². The van der Waals surface area contributed by atoms with Crippen LogP contribution in [0, 0.1) is 5.92 Å². The first-order valence-corrected chi connectivity index (χ1v) is 8.39. The number of rotatable bonds is 5. The first-order valence-electron chi connectivity index (χ1n) is 8.39. The summed E-state index contributed by atoms with van der Waals surface area (Å²) in [5.74, 6) is -3.36. The number of ether oxygens (including phenoxy) is 1. The number of nitrogens with one attached hydrogen (secondary N) is 2. The monoisotopic (exact) mass is 375 g/mol. The minimum Gasteiger partial charge on any atom is -0.451 e. The lowest BCUT2D eigenvalue weighted by molar-refractivity contribution is -0.159. The molecule has 1 heterocycles. The van der Waals surface area contributed by atoms with Gasteiger partial charge in [-0.15, -0.1) is 0 Å². The largest absolute Gasteiger partial charge is 0.451 e. The molecule has 0 aliphatic carbocycles. The molecule has 0 fully saturated rings. The molecule has 2 atom stereocenters. The molecule has 144 valence electrons. The molecule has 0 bridgehead atoms. The lowest BCUT2D eigenvalue weighted by Gasteiger charge is -2.28.